The van der Waals surface area contributed by atoms with E-state index >= 15 is 0 Å². The van der Waals surface area contributed by atoms with Crippen LogP contribution >= 0.6 is 0 Å². The minimum atomic E-state index is -0.0365. The highest BCUT2D eigenvalue weighted by atomic mass is 16.3. The van der Waals surface area contributed by atoms with Gasteiger partial charge >= 0.3 is 0 Å². The third-order valence-electron chi connectivity index (χ3n) is 4.49. The number of carbonyl (C=O) groups is 1. The molecule has 128 valence electrons. The first-order chi connectivity index (χ1) is 10.9. The van der Waals surface area contributed by atoms with Gasteiger partial charge in [-0.1, -0.05) is 19.9 Å². The summed E-state index contributed by atoms with van der Waals surface area (Å²) in [5, 5.41) is 19.1. The van der Waals surface area contributed by atoms with Gasteiger partial charge in [0, 0.05) is 50.0 Å². The van der Waals surface area contributed by atoms with Gasteiger partial charge in [0.2, 0.25) is 0 Å². The molecule has 0 spiro atoms. The highest BCUT2D eigenvalue weighted by molar-refractivity contribution is 5.96. The maximum absolute atomic E-state index is 12.8. The number of piperazine rings is 1. The normalized spacial score (nSPS) is 19.3. The Balaban J connectivity index is 2.12. The van der Waals surface area contributed by atoms with Crippen LogP contribution in [0.4, 0.5) is 0 Å². The number of rotatable bonds is 5. The van der Waals surface area contributed by atoms with E-state index < -0.39 is 0 Å². The number of phenolic OH excluding ortho intramolecular Hbond substituents is 1. The maximum Gasteiger partial charge on any atom is 0.254 e. The Hall–Kier alpha value is -1.59. The number of carbonyl (C=O) groups excluding carboxylic acids is 1. The third-order valence-corrected chi connectivity index (χ3v) is 4.49. The molecule has 0 aliphatic carbocycles. The monoisotopic (exact) mass is 320 g/mol. The summed E-state index contributed by atoms with van der Waals surface area (Å²) in [6, 6.07) is 5.26. The van der Waals surface area contributed by atoms with Crippen LogP contribution in [0.3, 0.4) is 0 Å². The summed E-state index contributed by atoms with van der Waals surface area (Å²) >= 11 is 0. The molecule has 1 aliphatic heterocycles. The fourth-order valence-electron chi connectivity index (χ4n) is 3.24. The first-order valence-electron chi connectivity index (χ1n) is 8.36. The number of aliphatic hydroxyl groups excluding tert-OH is 1. The molecule has 5 nitrogen and oxygen atoms in total. The van der Waals surface area contributed by atoms with E-state index in [4.69, 9.17) is 0 Å². The number of aliphatic hydroxyl groups is 1. The van der Waals surface area contributed by atoms with Crippen LogP contribution in [0, 0.1) is 12.8 Å². The van der Waals surface area contributed by atoms with Gasteiger partial charge in [-0.05, 0) is 31.4 Å². The van der Waals surface area contributed by atoms with Gasteiger partial charge < -0.3 is 15.1 Å². The number of aromatic hydroxyl groups is 1. The highest BCUT2D eigenvalue weighted by Gasteiger charge is 2.30. The first-order valence-corrected chi connectivity index (χ1v) is 8.36. The van der Waals surface area contributed by atoms with Crippen molar-refractivity contribution in [3.63, 3.8) is 0 Å². The van der Waals surface area contributed by atoms with Crippen molar-refractivity contribution in [2.45, 2.75) is 33.2 Å². The molecule has 1 aromatic rings. The molecule has 1 aliphatic rings. The van der Waals surface area contributed by atoms with Crippen molar-refractivity contribution in [2.75, 3.05) is 32.8 Å². The van der Waals surface area contributed by atoms with E-state index in [0.29, 0.717) is 36.6 Å². The Labute approximate surface area is 138 Å². The fraction of sp³-hybridized carbons (Fsp3) is 0.611. The predicted octanol–water partition coefficient (Wildman–Crippen LogP) is 1.87. The Morgan fingerprint density at radius 3 is 2.74 bits per heavy atom. The molecule has 1 fully saturated rings. The summed E-state index contributed by atoms with van der Waals surface area (Å²) in [7, 11) is 0. The van der Waals surface area contributed by atoms with E-state index in [2.05, 4.69) is 18.7 Å². The number of amides is 1. The van der Waals surface area contributed by atoms with E-state index in [1.54, 1.807) is 25.1 Å². The molecule has 23 heavy (non-hydrogen) atoms. The summed E-state index contributed by atoms with van der Waals surface area (Å²) in [4.78, 5) is 17.0. The molecule has 5 heteroatoms. The van der Waals surface area contributed by atoms with Crippen molar-refractivity contribution in [2.24, 2.45) is 5.92 Å². The van der Waals surface area contributed by atoms with E-state index in [1.807, 2.05) is 4.90 Å². The lowest BCUT2D eigenvalue weighted by molar-refractivity contribution is 0.0384. The summed E-state index contributed by atoms with van der Waals surface area (Å²) < 4.78 is 0. The third kappa shape index (κ3) is 4.24. The van der Waals surface area contributed by atoms with Crippen molar-refractivity contribution < 1.29 is 15.0 Å². The van der Waals surface area contributed by atoms with Gasteiger partial charge in [-0.25, -0.2) is 0 Å². The maximum atomic E-state index is 12.8. The molecular weight excluding hydrogens is 292 g/mol. The fourth-order valence-corrected chi connectivity index (χ4v) is 3.24. The Bertz CT molecular complexity index is 545. The molecule has 2 N–H and O–H groups in total. The van der Waals surface area contributed by atoms with E-state index in [0.717, 1.165) is 13.1 Å². The molecule has 0 bridgehead atoms. The van der Waals surface area contributed by atoms with E-state index in [9.17, 15) is 15.0 Å². The number of hydrogen-bond acceptors (Lipinski definition) is 4. The topological polar surface area (TPSA) is 64.0 Å². The molecule has 1 aromatic carbocycles. The largest absolute Gasteiger partial charge is 0.508 e. The SMILES string of the molecule is Cc1c(O)cccc1C(=O)N1CCN(CC(C)C)[C@H](CCO)C1. The van der Waals surface area contributed by atoms with Gasteiger partial charge in [0.05, 0.1) is 0 Å². The lowest BCUT2D eigenvalue weighted by Gasteiger charge is -2.42. The van der Waals surface area contributed by atoms with Crippen molar-refractivity contribution in [3.05, 3.63) is 29.3 Å². The van der Waals surface area contributed by atoms with Crippen LogP contribution < -0.4 is 0 Å². The smallest absolute Gasteiger partial charge is 0.254 e. The van der Waals surface area contributed by atoms with Gasteiger partial charge in [-0.2, -0.15) is 0 Å². The Morgan fingerprint density at radius 1 is 1.35 bits per heavy atom. The first kappa shape index (κ1) is 17.8. The zero-order valence-electron chi connectivity index (χ0n) is 14.3. The molecular formula is C18H28N2O3. The summed E-state index contributed by atoms with van der Waals surface area (Å²) in [6.07, 6.45) is 0.676. The number of nitrogens with zero attached hydrogens (tertiary/aromatic N) is 2. The summed E-state index contributed by atoms with van der Waals surface area (Å²) in [5.74, 6) is 0.679. The van der Waals surface area contributed by atoms with Crippen LogP contribution in [0.15, 0.2) is 18.2 Å². The van der Waals surface area contributed by atoms with Crippen LogP contribution in [0.2, 0.25) is 0 Å². The lowest BCUT2D eigenvalue weighted by Crippen LogP contribution is -2.55. The van der Waals surface area contributed by atoms with Crippen LogP contribution in [0.1, 0.15) is 36.2 Å². The number of phenols is 1. The molecule has 0 saturated carbocycles. The molecule has 0 radical (unpaired) electrons. The van der Waals surface area contributed by atoms with Crippen molar-refractivity contribution in [1.82, 2.24) is 9.80 Å². The second-order valence-corrected chi connectivity index (χ2v) is 6.76. The minimum absolute atomic E-state index is 0.0365. The molecule has 1 heterocycles. The van der Waals surface area contributed by atoms with Crippen molar-refractivity contribution >= 4 is 5.91 Å². The van der Waals surface area contributed by atoms with Gasteiger partial charge in [0.1, 0.15) is 5.75 Å². The average molecular weight is 320 g/mol. The molecule has 0 aromatic heterocycles. The van der Waals surface area contributed by atoms with Gasteiger partial charge in [-0.15, -0.1) is 0 Å². The Kier molecular flexibility index (Phi) is 6.02. The molecule has 1 amide bonds. The molecule has 1 atom stereocenters. The quantitative estimate of drug-likeness (QED) is 0.869. The molecule has 2 rings (SSSR count). The number of benzene rings is 1. The van der Waals surface area contributed by atoms with Crippen molar-refractivity contribution in [1.29, 1.82) is 0 Å². The average Bonchev–Trinajstić information content (AvgIpc) is 2.51. The van der Waals surface area contributed by atoms with Crippen LogP contribution in [0.25, 0.3) is 0 Å². The van der Waals surface area contributed by atoms with Crippen LogP contribution in [0.5, 0.6) is 5.75 Å². The van der Waals surface area contributed by atoms with E-state index in [1.165, 1.54) is 0 Å². The minimum Gasteiger partial charge on any atom is -0.508 e. The van der Waals surface area contributed by atoms with Gasteiger partial charge in [0.15, 0.2) is 0 Å². The van der Waals surface area contributed by atoms with Crippen LogP contribution in [-0.4, -0.2) is 64.7 Å². The second-order valence-electron chi connectivity index (χ2n) is 6.76. The zero-order chi connectivity index (χ0) is 17.0. The Morgan fingerprint density at radius 2 is 2.09 bits per heavy atom. The molecule has 1 saturated heterocycles. The number of hydrogen-bond donors (Lipinski definition) is 2. The lowest BCUT2D eigenvalue weighted by atomic mass is 10.0. The van der Waals surface area contributed by atoms with Crippen molar-refractivity contribution in [3.8, 4) is 5.75 Å². The second kappa shape index (κ2) is 7.79. The zero-order valence-corrected chi connectivity index (χ0v) is 14.3. The van der Waals surface area contributed by atoms with E-state index in [-0.39, 0.29) is 24.3 Å². The van der Waals surface area contributed by atoms with Crippen LogP contribution in [-0.2, 0) is 0 Å². The standard InChI is InChI=1S/C18H28N2O3/c1-13(2)11-19-8-9-20(12-15(19)7-10-21)18(23)16-5-4-6-17(22)14(16)3/h4-6,13,15,21-22H,7-12H2,1-3H3/t15-/m1/s1. The predicted molar refractivity (Wildman–Crippen MR) is 90.6 cm³/mol. The van der Waals surface area contributed by atoms with Gasteiger partial charge in [-0.3, -0.25) is 9.69 Å². The molecule has 0 unspecified atom stereocenters. The summed E-state index contributed by atoms with van der Waals surface area (Å²) in [5.41, 5.74) is 1.19. The summed E-state index contributed by atoms with van der Waals surface area (Å²) in [6.45, 7) is 9.39. The van der Waals surface area contributed by atoms with Gasteiger partial charge in [0.25, 0.3) is 5.91 Å². The highest BCUT2D eigenvalue weighted by Crippen LogP contribution is 2.23.